The summed E-state index contributed by atoms with van der Waals surface area (Å²) in [5.41, 5.74) is 0.760. The molecule has 1 rings (SSSR count). The van der Waals surface area contributed by atoms with Gasteiger partial charge in [0, 0.05) is 22.8 Å². The zero-order valence-electron chi connectivity index (χ0n) is 12.0. The van der Waals surface area contributed by atoms with Crippen molar-refractivity contribution < 1.29 is 4.79 Å². The van der Waals surface area contributed by atoms with Crippen LogP contribution in [0.3, 0.4) is 0 Å². The summed E-state index contributed by atoms with van der Waals surface area (Å²) in [7, 11) is 0. The van der Waals surface area contributed by atoms with Gasteiger partial charge in [0.1, 0.15) is 5.69 Å². The third kappa shape index (κ3) is 3.61. The van der Waals surface area contributed by atoms with Crippen LogP contribution < -0.4 is 5.32 Å². The second kappa shape index (κ2) is 5.47. The molecule has 0 aliphatic rings. The minimum Gasteiger partial charge on any atom is -0.348 e. The zero-order chi connectivity index (χ0) is 14.1. The van der Waals surface area contributed by atoms with Crippen LogP contribution in [0, 0.1) is 5.41 Å². The van der Waals surface area contributed by atoms with Crippen molar-refractivity contribution in [2.45, 2.75) is 53.6 Å². The average molecular weight is 315 g/mol. The van der Waals surface area contributed by atoms with Crippen LogP contribution in [0.1, 0.15) is 58.1 Å². The van der Waals surface area contributed by atoms with E-state index < -0.39 is 0 Å². The first-order chi connectivity index (χ1) is 8.12. The van der Waals surface area contributed by atoms with Crippen LogP contribution in [0.4, 0.5) is 0 Å². The minimum atomic E-state index is -0.0168. The summed E-state index contributed by atoms with van der Waals surface area (Å²) in [6.45, 7) is 12.5. The van der Waals surface area contributed by atoms with E-state index in [0.717, 1.165) is 4.47 Å². The van der Waals surface area contributed by atoms with Crippen LogP contribution in [-0.2, 0) is 0 Å². The Morgan fingerprint density at radius 2 is 1.89 bits per heavy atom. The van der Waals surface area contributed by atoms with Crippen LogP contribution >= 0.6 is 15.9 Å². The normalized spacial score (nSPS) is 13.8. The Bertz CT molecular complexity index is 429. The maximum absolute atomic E-state index is 12.3. The van der Waals surface area contributed by atoms with Gasteiger partial charge < -0.3 is 9.88 Å². The molecule has 3 nitrogen and oxygen atoms in total. The number of hydrogen-bond acceptors (Lipinski definition) is 1. The van der Waals surface area contributed by atoms with Gasteiger partial charge in [-0.2, -0.15) is 0 Å². The molecule has 1 atom stereocenters. The highest BCUT2D eigenvalue weighted by Crippen LogP contribution is 2.22. The predicted molar refractivity (Wildman–Crippen MR) is 78.9 cm³/mol. The van der Waals surface area contributed by atoms with Gasteiger partial charge in [-0.3, -0.25) is 4.79 Å². The number of nitrogens with one attached hydrogen (secondary N) is 1. The summed E-state index contributed by atoms with van der Waals surface area (Å²) in [4.78, 5) is 12.3. The first-order valence-corrected chi connectivity index (χ1v) is 7.10. The lowest BCUT2D eigenvalue weighted by atomic mass is 9.88. The van der Waals surface area contributed by atoms with Crippen molar-refractivity contribution in [2.24, 2.45) is 5.41 Å². The van der Waals surface area contributed by atoms with E-state index in [9.17, 15) is 4.79 Å². The fourth-order valence-corrected chi connectivity index (χ4v) is 1.98. The molecule has 1 unspecified atom stereocenters. The molecule has 0 saturated carbocycles. The standard InChI is InChI=1S/C14H23BrN2O/c1-9(2)17-8-11(15)7-12(17)13(18)16-10(3)14(4,5)6/h7-10H,1-6H3,(H,16,18). The lowest BCUT2D eigenvalue weighted by molar-refractivity contribution is 0.0899. The molecular weight excluding hydrogens is 292 g/mol. The number of aromatic nitrogens is 1. The zero-order valence-corrected chi connectivity index (χ0v) is 13.6. The van der Waals surface area contributed by atoms with E-state index in [1.54, 1.807) is 0 Å². The molecule has 102 valence electrons. The smallest absolute Gasteiger partial charge is 0.268 e. The van der Waals surface area contributed by atoms with E-state index in [4.69, 9.17) is 0 Å². The molecule has 1 aromatic rings. The molecule has 1 amide bonds. The van der Waals surface area contributed by atoms with Gasteiger partial charge in [0.15, 0.2) is 0 Å². The number of hydrogen-bond donors (Lipinski definition) is 1. The highest BCUT2D eigenvalue weighted by Gasteiger charge is 2.24. The van der Waals surface area contributed by atoms with Gasteiger partial charge in [-0.1, -0.05) is 20.8 Å². The van der Waals surface area contributed by atoms with E-state index in [1.165, 1.54) is 0 Å². The monoisotopic (exact) mass is 314 g/mol. The van der Waals surface area contributed by atoms with Crippen molar-refractivity contribution in [1.29, 1.82) is 0 Å². The second-order valence-corrected chi connectivity index (χ2v) is 7.02. The summed E-state index contributed by atoms with van der Waals surface area (Å²) >= 11 is 3.42. The highest BCUT2D eigenvalue weighted by molar-refractivity contribution is 9.10. The van der Waals surface area contributed by atoms with Crippen molar-refractivity contribution in [3.05, 3.63) is 22.4 Å². The van der Waals surface area contributed by atoms with Crippen LogP contribution in [0.25, 0.3) is 0 Å². The van der Waals surface area contributed by atoms with Crippen LogP contribution in [-0.4, -0.2) is 16.5 Å². The molecule has 0 bridgehead atoms. The van der Waals surface area contributed by atoms with Gasteiger partial charge >= 0.3 is 0 Å². The lowest BCUT2D eigenvalue weighted by Gasteiger charge is -2.28. The maximum atomic E-state index is 12.3. The number of rotatable bonds is 3. The summed E-state index contributed by atoms with van der Waals surface area (Å²) in [6.07, 6.45) is 1.95. The Morgan fingerprint density at radius 1 is 1.33 bits per heavy atom. The Kier molecular flexibility index (Phi) is 4.65. The fourth-order valence-electron chi connectivity index (χ4n) is 1.54. The lowest BCUT2D eigenvalue weighted by Crippen LogP contribution is -2.42. The van der Waals surface area contributed by atoms with Crippen molar-refractivity contribution >= 4 is 21.8 Å². The van der Waals surface area contributed by atoms with Gasteiger partial charge in [-0.25, -0.2) is 0 Å². The fraction of sp³-hybridized carbons (Fsp3) is 0.643. The summed E-state index contributed by atoms with van der Waals surface area (Å²) in [5, 5.41) is 3.06. The van der Waals surface area contributed by atoms with E-state index in [-0.39, 0.29) is 23.4 Å². The molecule has 0 radical (unpaired) electrons. The molecule has 4 heteroatoms. The van der Waals surface area contributed by atoms with E-state index in [0.29, 0.717) is 5.69 Å². The Hall–Kier alpha value is -0.770. The van der Waals surface area contributed by atoms with Gasteiger partial charge in [0.05, 0.1) is 0 Å². The molecule has 0 aliphatic heterocycles. The van der Waals surface area contributed by atoms with Crippen LogP contribution in [0.2, 0.25) is 0 Å². The molecule has 0 spiro atoms. The van der Waals surface area contributed by atoms with Crippen molar-refractivity contribution in [3.63, 3.8) is 0 Å². The summed E-state index contributed by atoms with van der Waals surface area (Å²) in [5.74, 6) is -0.0168. The summed E-state index contributed by atoms with van der Waals surface area (Å²) < 4.78 is 2.92. The maximum Gasteiger partial charge on any atom is 0.268 e. The number of halogens is 1. The first kappa shape index (κ1) is 15.3. The number of carbonyl (C=O) groups is 1. The van der Waals surface area contributed by atoms with Crippen LogP contribution in [0.5, 0.6) is 0 Å². The molecular formula is C14H23BrN2O. The molecule has 0 saturated heterocycles. The predicted octanol–water partition coefficient (Wildman–Crippen LogP) is 4.00. The second-order valence-electron chi connectivity index (χ2n) is 6.11. The molecule has 1 heterocycles. The van der Waals surface area contributed by atoms with Gasteiger partial charge in [0.25, 0.3) is 5.91 Å². The van der Waals surface area contributed by atoms with Gasteiger partial charge in [-0.05, 0) is 48.2 Å². The van der Waals surface area contributed by atoms with Gasteiger partial charge in [-0.15, -0.1) is 0 Å². The van der Waals surface area contributed by atoms with Crippen molar-refractivity contribution in [1.82, 2.24) is 9.88 Å². The average Bonchev–Trinajstić information content (AvgIpc) is 2.58. The first-order valence-electron chi connectivity index (χ1n) is 6.31. The topological polar surface area (TPSA) is 34.0 Å². The van der Waals surface area contributed by atoms with Gasteiger partial charge in [0.2, 0.25) is 0 Å². The molecule has 0 fully saturated rings. The Morgan fingerprint density at radius 3 is 2.33 bits per heavy atom. The van der Waals surface area contributed by atoms with E-state index in [2.05, 4.69) is 55.9 Å². The third-order valence-corrected chi connectivity index (χ3v) is 3.68. The SMILES string of the molecule is CC(C)n1cc(Br)cc1C(=O)NC(C)C(C)(C)C. The third-order valence-electron chi connectivity index (χ3n) is 3.25. The molecule has 0 aliphatic carbocycles. The minimum absolute atomic E-state index is 0.0168. The molecule has 1 aromatic heterocycles. The molecule has 18 heavy (non-hydrogen) atoms. The van der Waals surface area contributed by atoms with Crippen molar-refractivity contribution in [3.8, 4) is 0 Å². The van der Waals surface area contributed by atoms with Crippen molar-refractivity contribution in [2.75, 3.05) is 0 Å². The quantitative estimate of drug-likeness (QED) is 0.899. The Labute approximate surface area is 118 Å². The number of nitrogens with zero attached hydrogens (tertiary/aromatic N) is 1. The molecule has 1 N–H and O–H groups in total. The largest absolute Gasteiger partial charge is 0.348 e. The van der Waals surface area contributed by atoms with E-state index >= 15 is 0 Å². The number of amides is 1. The number of carbonyl (C=O) groups excluding carboxylic acids is 1. The molecule has 0 aromatic carbocycles. The van der Waals surface area contributed by atoms with E-state index in [1.807, 2.05) is 23.8 Å². The summed E-state index contributed by atoms with van der Waals surface area (Å²) in [6, 6.07) is 2.26. The van der Waals surface area contributed by atoms with Crippen LogP contribution in [0.15, 0.2) is 16.7 Å². The Balaban J connectivity index is 2.91. The highest BCUT2D eigenvalue weighted by atomic mass is 79.9.